The summed E-state index contributed by atoms with van der Waals surface area (Å²) in [5, 5.41) is 2.87. The lowest BCUT2D eigenvalue weighted by Gasteiger charge is -2.31. The molecule has 2 rings (SSSR count). The molecule has 0 aromatic heterocycles. The van der Waals surface area contributed by atoms with Gasteiger partial charge in [0.2, 0.25) is 0 Å². The number of quaternary nitrogens is 1. The van der Waals surface area contributed by atoms with E-state index in [2.05, 4.69) is 19.2 Å². The number of nitrogens with one attached hydrogen (secondary N) is 2. The molecule has 1 aliphatic rings. The summed E-state index contributed by atoms with van der Waals surface area (Å²) in [5.41, 5.74) is 0.923. The molecule has 23 heavy (non-hydrogen) atoms. The predicted molar refractivity (Wildman–Crippen MR) is 89.5 cm³/mol. The van der Waals surface area contributed by atoms with Gasteiger partial charge in [-0.05, 0) is 25.5 Å². The maximum absolute atomic E-state index is 12.3. The van der Waals surface area contributed by atoms with E-state index in [0.717, 1.165) is 13.1 Å². The molecule has 1 heterocycles. The minimum absolute atomic E-state index is 0.0574. The lowest BCUT2D eigenvalue weighted by Crippen LogP contribution is -3.15. The molecule has 0 bridgehead atoms. The largest absolute Gasteiger partial charge is 0.462 e. The Labute approximate surface area is 138 Å². The highest BCUT2D eigenvalue weighted by atomic mass is 16.5. The zero-order valence-electron chi connectivity index (χ0n) is 14.2. The van der Waals surface area contributed by atoms with Crippen molar-refractivity contribution < 1.29 is 19.2 Å². The second kappa shape index (κ2) is 8.11. The monoisotopic (exact) mass is 319 g/mol. The maximum atomic E-state index is 12.3. The molecular formula is C18H27N2O3+. The summed E-state index contributed by atoms with van der Waals surface area (Å²) >= 11 is 0. The number of piperidine rings is 1. The summed E-state index contributed by atoms with van der Waals surface area (Å²) in [6.07, 6.45) is 1.23. The Morgan fingerprint density at radius 1 is 1.22 bits per heavy atom. The van der Waals surface area contributed by atoms with Gasteiger partial charge in [0.05, 0.1) is 30.9 Å². The molecule has 0 aliphatic carbocycles. The molecule has 5 heteroatoms. The van der Waals surface area contributed by atoms with Gasteiger partial charge >= 0.3 is 5.97 Å². The van der Waals surface area contributed by atoms with Gasteiger partial charge in [0.1, 0.15) is 0 Å². The number of hydrogen-bond donors (Lipinski definition) is 2. The topological polar surface area (TPSA) is 59.8 Å². The number of para-hydroxylation sites is 1. The van der Waals surface area contributed by atoms with Gasteiger partial charge in [-0.2, -0.15) is 0 Å². The van der Waals surface area contributed by atoms with Crippen LogP contribution in [-0.2, 0) is 9.53 Å². The fourth-order valence-electron chi connectivity index (χ4n) is 3.47. The molecule has 0 spiro atoms. The van der Waals surface area contributed by atoms with Crippen LogP contribution in [0.4, 0.5) is 5.69 Å². The fraction of sp³-hybridized carbons (Fsp3) is 0.556. The van der Waals surface area contributed by atoms with Gasteiger partial charge in [-0.3, -0.25) is 4.79 Å². The minimum Gasteiger partial charge on any atom is -0.462 e. The highest BCUT2D eigenvalue weighted by molar-refractivity contribution is 6.01. The van der Waals surface area contributed by atoms with Gasteiger partial charge in [0.15, 0.2) is 6.54 Å². The van der Waals surface area contributed by atoms with Gasteiger partial charge in [0, 0.05) is 11.8 Å². The van der Waals surface area contributed by atoms with Crippen molar-refractivity contribution in [2.24, 2.45) is 11.8 Å². The predicted octanol–water partition coefficient (Wildman–Crippen LogP) is 1.36. The van der Waals surface area contributed by atoms with Gasteiger partial charge in [-0.1, -0.05) is 26.0 Å². The Hall–Kier alpha value is -1.88. The zero-order valence-corrected chi connectivity index (χ0v) is 14.2. The number of likely N-dealkylation sites (tertiary alicyclic amines) is 1. The smallest absolute Gasteiger partial charge is 0.340 e. The molecule has 0 radical (unpaired) electrons. The van der Waals surface area contributed by atoms with Gasteiger partial charge in [-0.25, -0.2) is 4.79 Å². The van der Waals surface area contributed by atoms with Crippen LogP contribution in [0.5, 0.6) is 0 Å². The number of carbonyl (C=O) groups is 2. The fourth-order valence-corrected chi connectivity index (χ4v) is 3.47. The van der Waals surface area contributed by atoms with Crippen molar-refractivity contribution in [1.82, 2.24) is 0 Å². The van der Waals surface area contributed by atoms with Gasteiger partial charge in [0.25, 0.3) is 5.91 Å². The van der Waals surface area contributed by atoms with Crippen molar-refractivity contribution in [3.63, 3.8) is 0 Å². The van der Waals surface area contributed by atoms with E-state index in [1.807, 2.05) is 0 Å². The summed E-state index contributed by atoms with van der Waals surface area (Å²) < 4.78 is 5.03. The minimum atomic E-state index is -0.407. The molecule has 0 saturated carbocycles. The Morgan fingerprint density at radius 2 is 1.87 bits per heavy atom. The first kappa shape index (κ1) is 17.5. The van der Waals surface area contributed by atoms with Crippen LogP contribution in [0.2, 0.25) is 0 Å². The number of amides is 1. The van der Waals surface area contributed by atoms with E-state index in [1.165, 1.54) is 11.3 Å². The molecule has 2 N–H and O–H groups in total. The van der Waals surface area contributed by atoms with Crippen LogP contribution >= 0.6 is 0 Å². The van der Waals surface area contributed by atoms with E-state index in [9.17, 15) is 9.59 Å². The summed E-state index contributed by atoms with van der Waals surface area (Å²) in [6, 6.07) is 6.98. The summed E-state index contributed by atoms with van der Waals surface area (Å²) in [6.45, 7) is 9.05. The van der Waals surface area contributed by atoms with Crippen molar-refractivity contribution in [1.29, 1.82) is 0 Å². The Kier molecular flexibility index (Phi) is 6.16. The van der Waals surface area contributed by atoms with Crippen LogP contribution in [0.1, 0.15) is 37.6 Å². The average Bonchev–Trinajstić information content (AvgIpc) is 2.46. The number of esters is 1. The zero-order chi connectivity index (χ0) is 16.8. The molecule has 1 aromatic rings. The molecule has 1 aromatic carbocycles. The summed E-state index contributed by atoms with van der Waals surface area (Å²) in [7, 11) is 0. The normalized spacial score (nSPS) is 24.0. The maximum Gasteiger partial charge on any atom is 0.340 e. The van der Waals surface area contributed by atoms with Crippen LogP contribution < -0.4 is 10.2 Å². The summed E-state index contributed by atoms with van der Waals surface area (Å²) in [5.74, 6) is 0.829. The van der Waals surface area contributed by atoms with Crippen LogP contribution in [0.3, 0.4) is 0 Å². The number of ether oxygens (including phenoxy) is 1. The van der Waals surface area contributed by atoms with E-state index < -0.39 is 5.97 Å². The third-order valence-corrected chi connectivity index (χ3v) is 4.19. The Morgan fingerprint density at radius 3 is 2.52 bits per heavy atom. The van der Waals surface area contributed by atoms with E-state index >= 15 is 0 Å². The standard InChI is InChI=1S/C18H26N2O3/c1-4-23-18(22)15-7-5-6-8-16(15)19-17(21)12-20-10-13(2)9-14(3)11-20/h5-8,13-14H,4,9-12H2,1-3H3,(H,19,21)/p+1/t13-,14+. The van der Waals surface area contributed by atoms with E-state index in [-0.39, 0.29) is 5.91 Å². The van der Waals surface area contributed by atoms with E-state index in [4.69, 9.17) is 4.74 Å². The molecular weight excluding hydrogens is 292 g/mol. The molecule has 1 aliphatic heterocycles. The molecule has 1 amide bonds. The van der Waals surface area contributed by atoms with Crippen LogP contribution in [0, 0.1) is 11.8 Å². The average molecular weight is 319 g/mol. The molecule has 126 valence electrons. The second-order valence-electron chi connectivity index (χ2n) is 6.60. The first-order valence-electron chi connectivity index (χ1n) is 8.39. The van der Waals surface area contributed by atoms with Crippen LogP contribution in [0.15, 0.2) is 24.3 Å². The Balaban J connectivity index is 1.99. The first-order valence-corrected chi connectivity index (χ1v) is 8.39. The molecule has 3 atom stereocenters. The number of benzene rings is 1. The number of carbonyl (C=O) groups excluding carboxylic acids is 2. The Bertz CT molecular complexity index is 549. The first-order chi connectivity index (χ1) is 11.0. The quantitative estimate of drug-likeness (QED) is 0.806. The molecule has 1 unspecified atom stereocenters. The lowest BCUT2D eigenvalue weighted by atomic mass is 9.92. The van der Waals surface area contributed by atoms with Gasteiger partial charge < -0.3 is 15.0 Å². The van der Waals surface area contributed by atoms with Crippen molar-refractivity contribution >= 4 is 17.6 Å². The second-order valence-corrected chi connectivity index (χ2v) is 6.60. The third-order valence-electron chi connectivity index (χ3n) is 4.19. The van der Waals surface area contributed by atoms with E-state index in [0.29, 0.717) is 36.2 Å². The van der Waals surface area contributed by atoms with Crippen molar-refractivity contribution in [2.45, 2.75) is 27.2 Å². The highest BCUT2D eigenvalue weighted by Gasteiger charge is 2.27. The lowest BCUT2D eigenvalue weighted by molar-refractivity contribution is -0.904. The van der Waals surface area contributed by atoms with Crippen molar-refractivity contribution in [3.05, 3.63) is 29.8 Å². The van der Waals surface area contributed by atoms with Gasteiger partial charge in [-0.15, -0.1) is 0 Å². The third kappa shape index (κ3) is 5.06. The summed E-state index contributed by atoms with van der Waals surface area (Å²) in [4.78, 5) is 25.6. The van der Waals surface area contributed by atoms with Crippen molar-refractivity contribution in [3.8, 4) is 0 Å². The number of rotatable bonds is 5. The molecule has 5 nitrogen and oxygen atoms in total. The number of hydrogen-bond acceptors (Lipinski definition) is 3. The molecule has 1 saturated heterocycles. The van der Waals surface area contributed by atoms with E-state index in [1.54, 1.807) is 31.2 Å². The molecule has 1 fully saturated rings. The highest BCUT2D eigenvalue weighted by Crippen LogP contribution is 2.16. The van der Waals surface area contributed by atoms with Crippen molar-refractivity contribution in [2.75, 3.05) is 31.6 Å². The van der Waals surface area contributed by atoms with Crippen LogP contribution in [-0.4, -0.2) is 38.1 Å². The SMILES string of the molecule is CCOC(=O)c1ccccc1NC(=O)C[NH+]1C[C@H](C)C[C@H](C)C1. The van der Waals surface area contributed by atoms with Crippen LogP contribution in [0.25, 0.3) is 0 Å². The number of anilines is 1.